The number of hydrogen-bond donors (Lipinski definition) is 1. The Balaban J connectivity index is 2.25. The number of sulfonamides is 1. The Hall–Kier alpha value is -0.620. The second-order valence-electron chi connectivity index (χ2n) is 5.58. The van der Waals surface area contributed by atoms with Crippen LogP contribution >= 0.6 is 11.6 Å². The third-order valence-corrected chi connectivity index (χ3v) is 6.47. The van der Waals surface area contributed by atoms with Gasteiger partial charge in [-0.1, -0.05) is 43.4 Å². The average Bonchev–Trinajstić information content (AvgIpc) is 2.75. The monoisotopic (exact) mass is 331 g/mol. The second kappa shape index (κ2) is 7.09. The Morgan fingerprint density at radius 1 is 1.24 bits per heavy atom. The van der Waals surface area contributed by atoms with Gasteiger partial charge in [0.05, 0.1) is 11.5 Å². The molecule has 0 saturated heterocycles. The van der Waals surface area contributed by atoms with Crippen molar-refractivity contribution >= 4 is 21.6 Å². The fraction of sp³-hybridized carbons (Fsp3) is 0.600. The maximum Gasteiger partial charge on any atom is 0.243 e. The molecule has 0 bridgehead atoms. The Kier molecular flexibility index (Phi) is 5.66. The summed E-state index contributed by atoms with van der Waals surface area (Å²) >= 11 is 6.01. The number of hydrogen-bond acceptors (Lipinski definition) is 3. The predicted molar refractivity (Wildman–Crippen MR) is 83.8 cm³/mol. The minimum absolute atomic E-state index is 0.0637. The van der Waals surface area contributed by atoms with E-state index in [1.807, 2.05) is 0 Å². The molecule has 0 unspecified atom stereocenters. The summed E-state index contributed by atoms with van der Waals surface area (Å²) in [5.41, 5.74) is 0.535. The molecule has 1 saturated carbocycles. The Bertz CT molecular complexity index is 581. The highest BCUT2D eigenvalue weighted by atomic mass is 35.5. The van der Waals surface area contributed by atoms with Crippen LogP contribution in [-0.2, 0) is 16.6 Å². The number of halogens is 1. The topological polar surface area (TPSA) is 57.6 Å². The molecule has 1 aliphatic rings. The number of aliphatic hydroxyl groups is 1. The number of benzene rings is 1. The first kappa shape index (κ1) is 16.7. The van der Waals surface area contributed by atoms with E-state index in [2.05, 4.69) is 0 Å². The van der Waals surface area contributed by atoms with Crippen LogP contribution in [0, 0.1) is 0 Å². The Labute approximate surface area is 131 Å². The lowest BCUT2D eigenvalue weighted by atomic mass is 10.1. The van der Waals surface area contributed by atoms with Gasteiger partial charge in [-0.05, 0) is 30.5 Å². The fourth-order valence-corrected chi connectivity index (χ4v) is 4.55. The summed E-state index contributed by atoms with van der Waals surface area (Å²) in [5.74, 6) is 0. The van der Waals surface area contributed by atoms with Crippen LogP contribution < -0.4 is 0 Å². The van der Waals surface area contributed by atoms with Crippen molar-refractivity contribution in [2.24, 2.45) is 0 Å². The van der Waals surface area contributed by atoms with Crippen LogP contribution in [0.3, 0.4) is 0 Å². The van der Waals surface area contributed by atoms with Gasteiger partial charge in [-0.15, -0.1) is 0 Å². The van der Waals surface area contributed by atoms with Gasteiger partial charge in [-0.2, -0.15) is 4.31 Å². The van der Waals surface area contributed by atoms with Crippen LogP contribution in [0.25, 0.3) is 0 Å². The summed E-state index contributed by atoms with van der Waals surface area (Å²) in [6.45, 7) is -0.197. The van der Waals surface area contributed by atoms with E-state index < -0.39 is 10.0 Å². The van der Waals surface area contributed by atoms with E-state index in [1.54, 1.807) is 13.1 Å². The number of nitrogens with zero attached hydrogens (tertiary/aromatic N) is 1. The molecular formula is C15H22ClNO3S. The first-order valence-corrected chi connectivity index (χ1v) is 9.16. The molecule has 4 nitrogen and oxygen atoms in total. The van der Waals surface area contributed by atoms with Crippen LogP contribution in [0.4, 0.5) is 0 Å². The smallest absolute Gasteiger partial charge is 0.243 e. The van der Waals surface area contributed by atoms with Crippen LogP contribution in [-0.4, -0.2) is 30.9 Å². The molecule has 1 N–H and O–H groups in total. The summed E-state index contributed by atoms with van der Waals surface area (Å²) in [7, 11) is -1.88. The second-order valence-corrected chi connectivity index (χ2v) is 7.98. The van der Waals surface area contributed by atoms with Crippen LogP contribution in [0.15, 0.2) is 23.1 Å². The van der Waals surface area contributed by atoms with Crippen LogP contribution in [0.2, 0.25) is 5.02 Å². The lowest BCUT2D eigenvalue weighted by molar-refractivity contribution is 0.282. The number of rotatable bonds is 4. The molecule has 0 radical (unpaired) electrons. The predicted octanol–water partition coefficient (Wildman–Crippen LogP) is 3.18. The molecule has 118 valence electrons. The Morgan fingerprint density at radius 2 is 1.86 bits per heavy atom. The van der Waals surface area contributed by atoms with E-state index in [9.17, 15) is 8.42 Å². The van der Waals surface area contributed by atoms with Crippen molar-refractivity contribution in [1.29, 1.82) is 0 Å². The van der Waals surface area contributed by atoms with E-state index in [4.69, 9.17) is 16.7 Å². The quantitative estimate of drug-likeness (QED) is 0.862. The SMILES string of the molecule is CN(C1CCCCCC1)S(=O)(=O)c1ccc(CO)c(Cl)c1. The van der Waals surface area contributed by atoms with Gasteiger partial charge in [0.25, 0.3) is 0 Å². The normalized spacial score (nSPS) is 17.9. The first-order chi connectivity index (χ1) is 9.96. The van der Waals surface area contributed by atoms with Gasteiger partial charge in [-0.3, -0.25) is 0 Å². The fourth-order valence-electron chi connectivity index (χ4n) is 2.80. The molecule has 1 aliphatic carbocycles. The molecule has 0 heterocycles. The van der Waals surface area contributed by atoms with Gasteiger partial charge >= 0.3 is 0 Å². The maximum absolute atomic E-state index is 12.7. The van der Waals surface area contributed by atoms with Crippen LogP contribution in [0.5, 0.6) is 0 Å². The zero-order valence-corrected chi connectivity index (χ0v) is 13.8. The highest BCUT2D eigenvalue weighted by Crippen LogP contribution is 2.28. The van der Waals surface area contributed by atoms with Gasteiger partial charge in [0.2, 0.25) is 10.0 Å². The van der Waals surface area contributed by atoms with Crippen molar-refractivity contribution in [2.75, 3.05) is 7.05 Å². The lowest BCUT2D eigenvalue weighted by Gasteiger charge is -2.26. The molecule has 0 aromatic heterocycles. The van der Waals surface area contributed by atoms with E-state index in [0.29, 0.717) is 5.56 Å². The van der Waals surface area contributed by atoms with Crippen molar-refractivity contribution in [2.45, 2.75) is 56.1 Å². The molecule has 2 rings (SSSR count). The highest BCUT2D eigenvalue weighted by Gasteiger charge is 2.28. The summed E-state index contributed by atoms with van der Waals surface area (Å²) in [4.78, 5) is 0.191. The summed E-state index contributed by atoms with van der Waals surface area (Å²) in [5, 5.41) is 9.40. The minimum atomic E-state index is -3.54. The third kappa shape index (κ3) is 3.77. The number of aliphatic hydroxyl groups excluding tert-OH is 1. The maximum atomic E-state index is 12.7. The van der Waals surface area contributed by atoms with Gasteiger partial charge < -0.3 is 5.11 Å². The van der Waals surface area contributed by atoms with Crippen LogP contribution in [0.1, 0.15) is 44.1 Å². The summed E-state index contributed by atoms with van der Waals surface area (Å²) in [6.07, 6.45) is 6.35. The van der Waals surface area contributed by atoms with Gasteiger partial charge in [0.15, 0.2) is 0 Å². The first-order valence-electron chi connectivity index (χ1n) is 7.34. The molecule has 1 aromatic carbocycles. The lowest BCUT2D eigenvalue weighted by Crippen LogP contribution is -2.36. The van der Waals surface area contributed by atoms with Crippen molar-refractivity contribution in [3.05, 3.63) is 28.8 Å². The molecule has 1 aromatic rings. The zero-order valence-electron chi connectivity index (χ0n) is 12.3. The molecule has 21 heavy (non-hydrogen) atoms. The van der Waals surface area contributed by atoms with Gasteiger partial charge in [0.1, 0.15) is 0 Å². The Morgan fingerprint density at radius 3 is 2.38 bits per heavy atom. The molecule has 0 amide bonds. The molecule has 0 spiro atoms. The van der Waals surface area contributed by atoms with Gasteiger partial charge in [0, 0.05) is 18.1 Å². The molecular weight excluding hydrogens is 310 g/mol. The van der Waals surface area contributed by atoms with Crippen molar-refractivity contribution < 1.29 is 13.5 Å². The largest absolute Gasteiger partial charge is 0.392 e. The van der Waals surface area contributed by atoms with Crippen molar-refractivity contribution in [3.63, 3.8) is 0 Å². The molecule has 1 fully saturated rings. The van der Waals surface area contributed by atoms with Gasteiger partial charge in [-0.25, -0.2) is 8.42 Å². The van der Waals surface area contributed by atoms with Crippen molar-refractivity contribution in [3.8, 4) is 0 Å². The average molecular weight is 332 g/mol. The summed E-state index contributed by atoms with van der Waals surface area (Å²) in [6, 6.07) is 4.57. The standard InChI is InChI=1S/C15H22ClNO3S/c1-17(13-6-4-2-3-5-7-13)21(19,20)14-9-8-12(11-18)15(16)10-14/h8-10,13,18H,2-7,11H2,1H3. The van der Waals surface area contributed by atoms with E-state index >= 15 is 0 Å². The van der Waals surface area contributed by atoms with E-state index in [1.165, 1.54) is 29.3 Å². The zero-order chi connectivity index (χ0) is 15.5. The molecule has 0 atom stereocenters. The van der Waals surface area contributed by atoms with Crippen molar-refractivity contribution in [1.82, 2.24) is 4.31 Å². The molecule has 0 aliphatic heterocycles. The van der Waals surface area contributed by atoms with E-state index in [-0.39, 0.29) is 22.6 Å². The highest BCUT2D eigenvalue weighted by molar-refractivity contribution is 7.89. The molecule has 6 heteroatoms. The minimum Gasteiger partial charge on any atom is -0.392 e. The van der Waals surface area contributed by atoms with E-state index in [0.717, 1.165) is 25.7 Å². The summed E-state index contributed by atoms with van der Waals surface area (Å²) < 4.78 is 26.9. The third-order valence-electron chi connectivity index (χ3n) is 4.21.